The molecule has 0 amide bonds. The van der Waals surface area contributed by atoms with Gasteiger partial charge in [-0.05, 0) is 30.9 Å². The molecule has 0 radical (unpaired) electrons. The van der Waals surface area contributed by atoms with Crippen molar-refractivity contribution in [2.75, 3.05) is 20.3 Å². The van der Waals surface area contributed by atoms with Crippen molar-refractivity contribution < 1.29 is 41.3 Å². The van der Waals surface area contributed by atoms with Gasteiger partial charge in [-0.2, -0.15) is 10.2 Å². The Hall–Kier alpha value is -5.02. The molecule has 328 valence electrons. The minimum absolute atomic E-state index is 0.0323. The molecule has 3 aromatic carbocycles. The Morgan fingerprint density at radius 1 is 1.13 bits per heavy atom. The number of alkyl halides is 2. The number of aryl methyl sites for hydroxylation is 1. The number of fused-ring (bicyclic) bond motifs is 1. The van der Waals surface area contributed by atoms with Crippen molar-refractivity contribution in [1.82, 2.24) is 28.9 Å². The van der Waals surface area contributed by atoms with Crippen LogP contribution in [0.2, 0.25) is 0 Å². The van der Waals surface area contributed by atoms with Gasteiger partial charge in [0.15, 0.2) is 12.4 Å². The van der Waals surface area contributed by atoms with Gasteiger partial charge in [-0.1, -0.05) is 31.2 Å². The molecular formula is C45H48F4N6O5PS-. The Labute approximate surface area is 362 Å². The van der Waals surface area contributed by atoms with Crippen LogP contribution in [0, 0.1) is 17.6 Å². The van der Waals surface area contributed by atoms with Gasteiger partial charge in [-0.3, -0.25) is 4.79 Å². The van der Waals surface area contributed by atoms with E-state index in [1.165, 1.54) is 42.3 Å². The zero-order valence-electron chi connectivity index (χ0n) is 34.8. The number of hydrogen-bond acceptors (Lipinski definition) is 9. The molecule has 1 saturated heterocycles. The van der Waals surface area contributed by atoms with E-state index in [0.717, 1.165) is 23.8 Å². The van der Waals surface area contributed by atoms with Gasteiger partial charge < -0.3 is 9.47 Å². The number of halogens is 4. The molecule has 1 fully saturated rings. The minimum atomic E-state index is -3.28. The molecule has 11 nitrogen and oxygen atoms in total. The summed E-state index contributed by atoms with van der Waals surface area (Å²) < 4.78 is 90.0. The second-order valence-electron chi connectivity index (χ2n) is 15.7. The number of aromatic amines is 1. The van der Waals surface area contributed by atoms with Crippen LogP contribution < -0.4 is 4.74 Å². The Morgan fingerprint density at radius 2 is 1.95 bits per heavy atom. The van der Waals surface area contributed by atoms with Crippen molar-refractivity contribution in [2.24, 2.45) is 13.0 Å². The number of carbonyl (C=O) groups excluding carboxylic acids is 1. The topological polar surface area (TPSA) is 118 Å². The van der Waals surface area contributed by atoms with E-state index < -0.39 is 54.3 Å². The number of nitrogens with one attached hydrogen (secondary N) is 1. The van der Waals surface area contributed by atoms with Gasteiger partial charge >= 0.3 is 195 Å². The van der Waals surface area contributed by atoms with E-state index in [0.29, 0.717) is 52.6 Å². The molecule has 62 heavy (non-hydrogen) atoms. The average Bonchev–Trinajstić information content (AvgIpc) is 4.05. The first-order valence-corrected chi connectivity index (χ1v) is 22.2. The number of esters is 1. The molecular weight excluding hydrogens is 844 g/mol. The van der Waals surface area contributed by atoms with E-state index in [4.69, 9.17) is 29.0 Å². The van der Waals surface area contributed by atoms with Gasteiger partial charge in [-0.25, -0.2) is 13.9 Å². The van der Waals surface area contributed by atoms with Gasteiger partial charge in [0.25, 0.3) is 5.92 Å². The summed E-state index contributed by atoms with van der Waals surface area (Å²) in [7, 11) is 7.89. The molecule has 1 aliphatic heterocycles. The molecule has 0 bridgehead atoms. The maximum atomic E-state index is 16.5. The van der Waals surface area contributed by atoms with Crippen LogP contribution in [0.4, 0.5) is 17.6 Å². The number of carbonyl (C=O) groups is 1. The molecule has 7 rings (SSSR count). The first-order chi connectivity index (χ1) is 29.7. The van der Waals surface area contributed by atoms with Crippen LogP contribution in [0.3, 0.4) is 0 Å². The number of ether oxygens (including phenoxy) is 4. The van der Waals surface area contributed by atoms with E-state index in [1.54, 1.807) is 55.3 Å². The third-order valence-electron chi connectivity index (χ3n) is 11.4. The van der Waals surface area contributed by atoms with Crippen LogP contribution in [-0.4, -0.2) is 67.4 Å². The standard InChI is InChI=1S/C45H48F4N6O5PS/c1-6-31-32-16-20-55(62-61)36(32)25-35(47)39(31)40(60-38-12-7-8-21-58-38)29-13-14-34(46)33(24-29)41-51-43(53-54(41)4)44(3,17-18-45(48,49)26-59-37-15-19-50-52-37)30-11-9-10-28(23-30)22-27(2)42(56)57-5/h6,9-11,13-16,19-20,23-25,27,38,40,62H,1,7-8,12,17-18,21-22,26H2,2-5H3,(H,50,52)/q-1/t27-,38?,40?,44?/m0/s1. The fourth-order valence-corrected chi connectivity index (χ4v) is 8.79. The molecule has 4 atom stereocenters. The summed E-state index contributed by atoms with van der Waals surface area (Å²) in [4.78, 5) is 17.2. The Balaban J connectivity index is 1.30. The predicted octanol–water partition coefficient (Wildman–Crippen LogP) is 9.77. The molecule has 3 aromatic heterocycles. The number of methoxy groups -OCH3 is 1. The van der Waals surface area contributed by atoms with E-state index in [2.05, 4.69) is 24.6 Å². The Kier molecular flexibility index (Phi) is 13.9. The zero-order valence-corrected chi connectivity index (χ0v) is 36.6. The first kappa shape index (κ1) is 45.0. The van der Waals surface area contributed by atoms with Crippen molar-refractivity contribution in [3.8, 4) is 17.3 Å². The third-order valence-corrected chi connectivity index (χ3v) is 12.5. The fourth-order valence-electron chi connectivity index (χ4n) is 7.93. The summed E-state index contributed by atoms with van der Waals surface area (Å²) in [5, 5.41) is 11.8. The monoisotopic (exact) mass is 891 g/mol. The summed E-state index contributed by atoms with van der Waals surface area (Å²) >= 11 is 0. The van der Waals surface area contributed by atoms with Gasteiger partial charge in [0.1, 0.15) is 0 Å². The summed E-state index contributed by atoms with van der Waals surface area (Å²) in [6, 6.07) is 16.4. The summed E-state index contributed by atoms with van der Waals surface area (Å²) in [6.07, 6.45) is 4.91. The van der Waals surface area contributed by atoms with E-state index in [-0.39, 0.29) is 41.0 Å². The Bertz CT molecular complexity index is 2610. The Morgan fingerprint density at radius 3 is 2.66 bits per heavy atom. The van der Waals surface area contributed by atoms with Crippen molar-refractivity contribution in [1.29, 1.82) is 0 Å². The van der Waals surface area contributed by atoms with Crippen molar-refractivity contribution in [3.05, 3.63) is 125 Å². The van der Waals surface area contributed by atoms with Crippen LogP contribution in [-0.2, 0) is 48.8 Å². The molecule has 0 spiro atoms. The summed E-state index contributed by atoms with van der Waals surface area (Å²) in [5.41, 5.74) is 1.91. The van der Waals surface area contributed by atoms with Crippen LogP contribution in [0.1, 0.15) is 85.7 Å². The van der Waals surface area contributed by atoms with Gasteiger partial charge in [0, 0.05) is 19.5 Å². The number of aromatic nitrogens is 6. The van der Waals surface area contributed by atoms with Crippen LogP contribution >= 0.6 is 7.81 Å². The summed E-state index contributed by atoms with van der Waals surface area (Å²) in [5.74, 6) is -4.96. The third kappa shape index (κ3) is 9.63. The second-order valence-corrected chi connectivity index (χ2v) is 16.9. The molecule has 4 heterocycles. The van der Waals surface area contributed by atoms with E-state index >= 15 is 17.6 Å². The molecule has 3 unspecified atom stereocenters. The number of benzene rings is 3. The SMILES string of the molecule is C=Cc1c(C(OC2CCCCO2)c2ccc(F)c(-c3nc(C(C)(CCC(F)(F)COc4ccn[nH]4)c4cccc(C[C@H](C)C(=O)OC)c4)nn3C)c2)c(F)cc2c1ccn2[SH-]#P. The van der Waals surface area contributed by atoms with E-state index in [1.807, 2.05) is 18.2 Å². The maximum absolute atomic E-state index is 16.5. The molecule has 0 aliphatic carbocycles. The van der Waals surface area contributed by atoms with Gasteiger partial charge in [-0.15, -0.1) is 0 Å². The number of rotatable bonds is 17. The molecule has 0 saturated carbocycles. The van der Waals surface area contributed by atoms with Crippen LogP contribution in [0.5, 0.6) is 5.88 Å². The number of H-pyrrole nitrogens is 1. The van der Waals surface area contributed by atoms with Crippen molar-refractivity contribution in [2.45, 2.75) is 76.1 Å². The normalized spacial score (nSPS) is 16.5. The number of thiol groups is 1. The molecule has 6 aromatic rings. The van der Waals surface area contributed by atoms with E-state index in [9.17, 15) is 4.79 Å². The molecule has 1 N–H and O–H groups in total. The quantitative estimate of drug-likeness (QED) is 0.0316. The molecule has 1 aliphatic rings. The van der Waals surface area contributed by atoms with Crippen LogP contribution in [0.25, 0.3) is 28.4 Å². The zero-order chi connectivity index (χ0) is 44.2. The summed E-state index contributed by atoms with van der Waals surface area (Å²) in [6.45, 7) is 7.10. The van der Waals surface area contributed by atoms with Crippen molar-refractivity contribution in [3.63, 3.8) is 0 Å². The number of hydrogen-bond donors (Lipinski definition) is 1. The predicted molar refractivity (Wildman–Crippen MR) is 232 cm³/mol. The van der Waals surface area contributed by atoms with Gasteiger partial charge in [0.2, 0.25) is 5.88 Å². The first-order valence-electron chi connectivity index (χ1n) is 20.2. The van der Waals surface area contributed by atoms with Crippen molar-refractivity contribution >= 4 is 41.7 Å². The van der Waals surface area contributed by atoms with Crippen LogP contribution in [0.15, 0.2) is 79.6 Å². The van der Waals surface area contributed by atoms with Gasteiger partial charge in [0.05, 0.1) is 24.6 Å². The average molecular weight is 892 g/mol. The fraction of sp³-hybridized carbons (Fsp3) is 0.378. The second kappa shape index (κ2) is 19.2. The molecule has 17 heteroatoms. The number of nitrogens with zero attached hydrogens (tertiary/aromatic N) is 5.